The van der Waals surface area contributed by atoms with Crippen molar-refractivity contribution in [3.63, 3.8) is 0 Å². The van der Waals surface area contributed by atoms with E-state index in [0.29, 0.717) is 30.1 Å². The fourth-order valence-electron chi connectivity index (χ4n) is 1.57. The fourth-order valence-corrected chi connectivity index (χ4v) is 2.20. The second-order valence-electron chi connectivity index (χ2n) is 3.23. The third-order valence-electron chi connectivity index (χ3n) is 2.32. The van der Waals surface area contributed by atoms with Gasteiger partial charge in [0.2, 0.25) is 0 Å². The first-order valence-electron chi connectivity index (χ1n) is 4.89. The van der Waals surface area contributed by atoms with Crippen molar-refractivity contribution in [2.24, 2.45) is 5.90 Å². The van der Waals surface area contributed by atoms with E-state index >= 15 is 0 Å². The van der Waals surface area contributed by atoms with Crippen LogP contribution in [-0.4, -0.2) is 27.1 Å². The highest BCUT2D eigenvalue weighted by molar-refractivity contribution is 9.10. The Kier molecular flexibility index (Phi) is 5.40. The van der Waals surface area contributed by atoms with Gasteiger partial charge in [-0.25, -0.2) is 5.90 Å². The minimum absolute atomic E-state index is 0.346. The molecular weight excluding hydrogens is 290 g/mol. The number of halogens is 1. The normalized spacial score (nSPS) is 10.1. The summed E-state index contributed by atoms with van der Waals surface area (Å²) in [5.74, 6) is 5.93. The van der Waals surface area contributed by atoms with Crippen LogP contribution in [0.1, 0.15) is 15.9 Å². The molecule has 0 amide bonds. The highest BCUT2D eigenvalue weighted by Gasteiger charge is 2.18. The SMILES string of the molecule is COc1c(C=O)cc(Br)c(CCON)c1OC. The molecule has 0 saturated heterocycles. The van der Waals surface area contributed by atoms with Crippen LogP contribution in [0.4, 0.5) is 0 Å². The molecule has 0 aromatic heterocycles. The molecule has 1 aromatic carbocycles. The predicted octanol–water partition coefficient (Wildman–Crippen LogP) is 1.71. The zero-order valence-corrected chi connectivity index (χ0v) is 11.2. The highest BCUT2D eigenvalue weighted by Crippen LogP contribution is 2.39. The van der Waals surface area contributed by atoms with Gasteiger partial charge in [-0.3, -0.25) is 4.79 Å². The third-order valence-corrected chi connectivity index (χ3v) is 3.03. The van der Waals surface area contributed by atoms with E-state index in [1.165, 1.54) is 14.2 Å². The molecule has 5 nitrogen and oxygen atoms in total. The average molecular weight is 304 g/mol. The van der Waals surface area contributed by atoms with Crippen molar-refractivity contribution in [1.82, 2.24) is 0 Å². The van der Waals surface area contributed by atoms with Gasteiger partial charge in [0.15, 0.2) is 17.8 Å². The van der Waals surface area contributed by atoms with Crippen molar-refractivity contribution in [2.45, 2.75) is 6.42 Å². The lowest BCUT2D eigenvalue weighted by Gasteiger charge is -2.16. The fraction of sp³-hybridized carbons (Fsp3) is 0.364. The summed E-state index contributed by atoms with van der Waals surface area (Å²) in [4.78, 5) is 15.5. The van der Waals surface area contributed by atoms with Crippen LogP contribution >= 0.6 is 15.9 Å². The number of nitrogens with two attached hydrogens (primary N) is 1. The van der Waals surface area contributed by atoms with E-state index in [2.05, 4.69) is 20.8 Å². The monoisotopic (exact) mass is 303 g/mol. The Morgan fingerprint density at radius 3 is 2.47 bits per heavy atom. The largest absolute Gasteiger partial charge is 0.493 e. The predicted molar refractivity (Wildman–Crippen MR) is 66.5 cm³/mol. The van der Waals surface area contributed by atoms with Gasteiger partial charge in [0.1, 0.15) is 0 Å². The van der Waals surface area contributed by atoms with Crippen LogP contribution in [0.5, 0.6) is 11.5 Å². The average Bonchev–Trinajstić information content (AvgIpc) is 2.35. The summed E-state index contributed by atoms with van der Waals surface area (Å²) in [6.07, 6.45) is 1.27. The van der Waals surface area contributed by atoms with Gasteiger partial charge >= 0.3 is 0 Å². The van der Waals surface area contributed by atoms with Crippen molar-refractivity contribution in [3.05, 3.63) is 21.7 Å². The Hall–Kier alpha value is -1.11. The lowest BCUT2D eigenvalue weighted by Crippen LogP contribution is -2.07. The van der Waals surface area contributed by atoms with E-state index in [1.54, 1.807) is 6.07 Å². The molecule has 94 valence electrons. The standard InChI is InChI=1S/C11H14BrNO4/c1-15-10-7(6-14)5-9(12)8(3-4-17-13)11(10)16-2/h5-6H,3-4,13H2,1-2H3. The van der Waals surface area contributed by atoms with Gasteiger partial charge in [0, 0.05) is 16.5 Å². The third kappa shape index (κ3) is 2.96. The smallest absolute Gasteiger partial charge is 0.171 e. The van der Waals surface area contributed by atoms with Crippen molar-refractivity contribution in [1.29, 1.82) is 0 Å². The quantitative estimate of drug-likeness (QED) is 0.640. The van der Waals surface area contributed by atoms with Crippen LogP contribution in [-0.2, 0) is 11.3 Å². The summed E-state index contributed by atoms with van der Waals surface area (Å²) in [7, 11) is 3.01. The molecule has 6 heteroatoms. The summed E-state index contributed by atoms with van der Waals surface area (Å²) in [5, 5.41) is 0. The van der Waals surface area contributed by atoms with Crippen LogP contribution in [0.15, 0.2) is 10.5 Å². The van der Waals surface area contributed by atoms with Crippen LogP contribution in [0.2, 0.25) is 0 Å². The molecule has 0 aliphatic heterocycles. The first-order chi connectivity index (χ1) is 8.19. The zero-order chi connectivity index (χ0) is 12.8. The number of hydrogen-bond donors (Lipinski definition) is 1. The second-order valence-corrected chi connectivity index (χ2v) is 4.09. The van der Waals surface area contributed by atoms with E-state index < -0.39 is 0 Å². The molecule has 0 fully saturated rings. The number of hydrogen-bond acceptors (Lipinski definition) is 5. The van der Waals surface area contributed by atoms with Crippen LogP contribution in [0, 0.1) is 0 Å². The Bertz CT molecular complexity index is 409. The topological polar surface area (TPSA) is 70.8 Å². The number of benzene rings is 1. The molecule has 0 heterocycles. The molecule has 0 bridgehead atoms. The molecule has 0 radical (unpaired) electrons. The molecule has 0 unspecified atom stereocenters. The molecule has 1 rings (SSSR count). The maximum absolute atomic E-state index is 10.9. The number of rotatable bonds is 6. The number of carbonyl (C=O) groups excluding carboxylic acids is 1. The Labute approximate surface area is 108 Å². The van der Waals surface area contributed by atoms with Crippen LogP contribution in [0.3, 0.4) is 0 Å². The Balaban J connectivity index is 3.32. The first-order valence-corrected chi connectivity index (χ1v) is 5.69. The van der Waals surface area contributed by atoms with Crippen LogP contribution in [0.25, 0.3) is 0 Å². The van der Waals surface area contributed by atoms with Crippen molar-refractivity contribution < 1.29 is 19.1 Å². The summed E-state index contributed by atoms with van der Waals surface area (Å²) >= 11 is 3.38. The summed E-state index contributed by atoms with van der Waals surface area (Å²) in [5.41, 5.74) is 1.27. The van der Waals surface area contributed by atoms with E-state index in [9.17, 15) is 4.79 Å². The second kappa shape index (κ2) is 6.58. The molecule has 0 atom stereocenters. The summed E-state index contributed by atoms with van der Waals surface area (Å²) < 4.78 is 11.2. The maximum atomic E-state index is 10.9. The molecule has 0 aliphatic carbocycles. The van der Waals surface area contributed by atoms with Crippen molar-refractivity contribution >= 4 is 22.2 Å². The van der Waals surface area contributed by atoms with Gasteiger partial charge in [0.05, 0.1) is 26.4 Å². The van der Waals surface area contributed by atoms with Gasteiger partial charge in [-0.05, 0) is 6.07 Å². The molecule has 1 aromatic rings. The van der Waals surface area contributed by atoms with Crippen molar-refractivity contribution in [2.75, 3.05) is 20.8 Å². The minimum Gasteiger partial charge on any atom is -0.493 e. The molecule has 2 N–H and O–H groups in total. The van der Waals surface area contributed by atoms with E-state index in [-0.39, 0.29) is 0 Å². The molecular formula is C11H14BrNO4. The zero-order valence-electron chi connectivity index (χ0n) is 9.66. The van der Waals surface area contributed by atoms with Gasteiger partial charge in [-0.1, -0.05) is 15.9 Å². The maximum Gasteiger partial charge on any atom is 0.171 e. The number of methoxy groups -OCH3 is 2. The van der Waals surface area contributed by atoms with E-state index in [0.717, 1.165) is 16.3 Å². The van der Waals surface area contributed by atoms with Crippen LogP contribution < -0.4 is 15.4 Å². The number of aldehydes is 1. The van der Waals surface area contributed by atoms with Gasteiger partial charge in [0.25, 0.3) is 0 Å². The van der Waals surface area contributed by atoms with E-state index in [4.69, 9.17) is 15.4 Å². The van der Waals surface area contributed by atoms with Crippen molar-refractivity contribution in [3.8, 4) is 11.5 Å². The lowest BCUT2D eigenvalue weighted by molar-refractivity contribution is 0.111. The minimum atomic E-state index is 0.346. The lowest BCUT2D eigenvalue weighted by atomic mass is 10.1. The Morgan fingerprint density at radius 1 is 1.35 bits per heavy atom. The van der Waals surface area contributed by atoms with E-state index in [1.807, 2.05) is 0 Å². The van der Waals surface area contributed by atoms with Gasteiger partial charge < -0.3 is 14.3 Å². The molecule has 17 heavy (non-hydrogen) atoms. The van der Waals surface area contributed by atoms with Gasteiger partial charge in [-0.2, -0.15) is 0 Å². The highest BCUT2D eigenvalue weighted by atomic mass is 79.9. The molecule has 0 aliphatic rings. The Morgan fingerprint density at radius 2 is 2.00 bits per heavy atom. The summed E-state index contributed by atoms with van der Waals surface area (Å²) in [6, 6.07) is 1.68. The number of ether oxygens (including phenoxy) is 2. The van der Waals surface area contributed by atoms with Gasteiger partial charge in [-0.15, -0.1) is 0 Å². The summed E-state index contributed by atoms with van der Waals surface area (Å²) in [6.45, 7) is 0.346. The molecule has 0 spiro atoms. The number of carbonyl (C=O) groups is 1. The first kappa shape index (κ1) is 14.0. The molecule has 0 saturated carbocycles.